The van der Waals surface area contributed by atoms with Crippen molar-refractivity contribution < 1.29 is 39.7 Å². The number of amides is 2. The topological polar surface area (TPSA) is 199 Å². The normalized spacial score (nSPS) is 10.7. The Balaban J connectivity index is 0.00000147. The van der Waals surface area contributed by atoms with E-state index in [0.717, 1.165) is 0 Å². The molecule has 190 valence electrons. The highest BCUT2D eigenvalue weighted by Crippen LogP contribution is 2.29. The molecule has 2 rings (SSSR count). The molecule has 0 aliphatic carbocycles. The van der Waals surface area contributed by atoms with Crippen molar-refractivity contribution in [3.8, 4) is 0 Å². The predicted octanol–water partition coefficient (Wildman–Crippen LogP) is 0.964. The zero-order chi connectivity index (χ0) is 26.0. The first kappa shape index (κ1) is 31.0. The van der Waals surface area contributed by atoms with E-state index in [4.69, 9.17) is 37.1 Å². The molecule has 0 bridgehead atoms. The fourth-order valence-electron chi connectivity index (χ4n) is 3.10. The molecule has 12 heteroatoms. The van der Waals surface area contributed by atoms with E-state index in [1.54, 1.807) is 54.4 Å². The van der Waals surface area contributed by atoms with Gasteiger partial charge in [0.25, 0.3) is 0 Å². The number of anilines is 1. The number of carboxylic acids is 2. The van der Waals surface area contributed by atoms with Crippen molar-refractivity contribution in [2.24, 2.45) is 11.7 Å². The Morgan fingerprint density at radius 3 is 2.00 bits per heavy atom. The van der Waals surface area contributed by atoms with Gasteiger partial charge in [-0.05, 0) is 24.1 Å². The Hall–Kier alpha value is -3.96. The molecule has 1 atom stereocenters. The number of nitrogens with two attached hydrogens (primary N) is 1. The number of halogens is 1. The van der Waals surface area contributed by atoms with Crippen LogP contribution in [0.3, 0.4) is 0 Å². The van der Waals surface area contributed by atoms with Gasteiger partial charge in [-0.2, -0.15) is 0 Å². The monoisotopic (exact) mass is 509 g/mol. The Morgan fingerprint density at radius 1 is 1.00 bits per heavy atom. The number of primary amides is 1. The highest BCUT2D eigenvalue weighted by Gasteiger charge is 2.29. The van der Waals surface area contributed by atoms with Gasteiger partial charge in [-0.3, -0.25) is 14.4 Å². The molecule has 11 nitrogen and oxygen atoms in total. The molecular formula is C23H28ClN3O8. The van der Waals surface area contributed by atoms with E-state index in [2.05, 4.69) is 5.32 Å². The maximum Gasteiger partial charge on any atom is 0.414 e. The van der Waals surface area contributed by atoms with Crippen LogP contribution in [0.1, 0.15) is 29.8 Å². The van der Waals surface area contributed by atoms with Crippen LogP contribution in [0.4, 0.5) is 5.69 Å². The average Bonchev–Trinajstić information content (AvgIpc) is 2.77. The maximum absolute atomic E-state index is 13.1. The number of aliphatic carboxylic acids is 2. The highest BCUT2D eigenvalue weighted by atomic mass is 35.5. The molecule has 7 N–H and O–H groups in total. The van der Waals surface area contributed by atoms with Gasteiger partial charge in [-0.25, -0.2) is 9.59 Å². The number of carbonyl (C=O) groups excluding carboxylic acids is 3. The van der Waals surface area contributed by atoms with Crippen molar-refractivity contribution in [2.45, 2.75) is 19.9 Å². The number of hydrogen-bond acceptors (Lipinski definition) is 6. The summed E-state index contributed by atoms with van der Waals surface area (Å²) in [7, 11) is 1.74. The summed E-state index contributed by atoms with van der Waals surface area (Å²) in [5, 5.41) is 17.7. The molecule has 0 spiro atoms. The summed E-state index contributed by atoms with van der Waals surface area (Å²) in [4.78, 5) is 56.6. The minimum absolute atomic E-state index is 0. The Kier molecular flexibility index (Phi) is 12.7. The van der Waals surface area contributed by atoms with Crippen LogP contribution in [-0.2, 0) is 19.2 Å². The average molecular weight is 510 g/mol. The number of ketones is 1. The van der Waals surface area contributed by atoms with Crippen LogP contribution in [-0.4, -0.2) is 64.9 Å². The lowest BCUT2D eigenvalue weighted by molar-refractivity contribution is -0.159. The Labute approximate surface area is 206 Å². The summed E-state index contributed by atoms with van der Waals surface area (Å²) in [6, 6.07) is 13.2. The lowest BCUT2D eigenvalue weighted by Crippen LogP contribution is -2.50. The van der Waals surface area contributed by atoms with Crippen molar-refractivity contribution in [1.29, 1.82) is 0 Å². The third kappa shape index (κ3) is 9.43. The van der Waals surface area contributed by atoms with Gasteiger partial charge in [0.15, 0.2) is 5.78 Å². The number of carboxylic acid groups (broad SMARTS) is 2. The van der Waals surface area contributed by atoms with Gasteiger partial charge in [-0.1, -0.05) is 55.8 Å². The summed E-state index contributed by atoms with van der Waals surface area (Å²) in [5.74, 6) is -4.89. The largest absolute Gasteiger partial charge is 0.473 e. The Bertz CT molecular complexity index is 1050. The van der Waals surface area contributed by atoms with Crippen LogP contribution in [0.25, 0.3) is 0 Å². The first-order chi connectivity index (χ1) is 15.9. The Morgan fingerprint density at radius 2 is 1.54 bits per heavy atom. The first-order valence-corrected chi connectivity index (χ1v) is 10.4. The summed E-state index contributed by atoms with van der Waals surface area (Å²) in [6.07, 6.45) is 0. The van der Waals surface area contributed by atoms with Crippen LogP contribution in [0, 0.1) is 5.92 Å². The van der Waals surface area contributed by atoms with Crippen LogP contribution in [0.5, 0.6) is 0 Å². The standard InChI is InChI=1S/C21H24ClN3O3.C2H2O4.H2O/c1-13(2)19(21(28)24-12-18(23)26)25(3)17-10-9-15(22)11-16(17)20(27)14-7-5-4-6-8-14;3-1(4)2(5)6;/h4-11,13,19H,12H2,1-3H3,(H2,23,26)(H,24,28);(H,3,4)(H,5,6);1H2/t19-;;/m0../s1. The van der Waals surface area contributed by atoms with Crippen molar-refractivity contribution >= 4 is 46.8 Å². The van der Waals surface area contributed by atoms with Crippen molar-refractivity contribution in [2.75, 3.05) is 18.5 Å². The second kappa shape index (κ2) is 14.3. The van der Waals surface area contributed by atoms with Gasteiger partial charge in [-0.15, -0.1) is 0 Å². The van der Waals surface area contributed by atoms with Gasteiger partial charge >= 0.3 is 11.9 Å². The predicted molar refractivity (Wildman–Crippen MR) is 129 cm³/mol. The summed E-state index contributed by atoms with van der Waals surface area (Å²) in [6.45, 7) is 3.53. The molecule has 0 aliphatic heterocycles. The molecule has 0 aromatic heterocycles. The first-order valence-electron chi connectivity index (χ1n) is 10.0. The smallest absolute Gasteiger partial charge is 0.414 e. The van der Waals surface area contributed by atoms with Crippen LogP contribution >= 0.6 is 11.6 Å². The molecule has 2 amide bonds. The molecule has 0 radical (unpaired) electrons. The van der Waals surface area contributed by atoms with Gasteiger partial charge in [0.2, 0.25) is 11.8 Å². The quantitative estimate of drug-likeness (QED) is 0.297. The van der Waals surface area contributed by atoms with E-state index < -0.39 is 23.9 Å². The fourth-order valence-corrected chi connectivity index (χ4v) is 3.27. The summed E-state index contributed by atoms with van der Waals surface area (Å²) < 4.78 is 0. The SMILES string of the molecule is CC(C)[C@@H](C(=O)NCC(N)=O)N(C)c1ccc(Cl)cc1C(=O)c1ccccc1.O.O=C(O)C(=O)O. The lowest BCUT2D eigenvalue weighted by Gasteiger charge is -2.33. The second-order valence-electron chi connectivity index (χ2n) is 7.45. The molecule has 2 aromatic rings. The van der Waals surface area contributed by atoms with E-state index in [9.17, 15) is 14.4 Å². The minimum atomic E-state index is -1.82. The fraction of sp³-hybridized carbons (Fsp3) is 0.261. The molecule has 0 fully saturated rings. The molecule has 35 heavy (non-hydrogen) atoms. The zero-order valence-corrected chi connectivity index (χ0v) is 20.1. The summed E-state index contributed by atoms with van der Waals surface area (Å²) >= 11 is 6.14. The van der Waals surface area contributed by atoms with E-state index in [-0.39, 0.29) is 29.6 Å². The molecule has 0 unspecified atom stereocenters. The molecule has 2 aromatic carbocycles. The maximum atomic E-state index is 13.1. The van der Waals surface area contributed by atoms with Gasteiger partial charge in [0, 0.05) is 28.9 Å². The van der Waals surface area contributed by atoms with Gasteiger partial charge < -0.3 is 31.6 Å². The van der Waals surface area contributed by atoms with Crippen LogP contribution in [0.15, 0.2) is 48.5 Å². The second-order valence-corrected chi connectivity index (χ2v) is 7.89. The van der Waals surface area contributed by atoms with Crippen molar-refractivity contribution in [3.05, 3.63) is 64.7 Å². The van der Waals surface area contributed by atoms with Gasteiger partial charge in [0.05, 0.1) is 6.54 Å². The van der Waals surface area contributed by atoms with E-state index in [1.165, 1.54) is 0 Å². The summed E-state index contributed by atoms with van der Waals surface area (Å²) in [5.41, 5.74) is 6.62. The number of nitrogens with one attached hydrogen (secondary N) is 1. The molecule has 0 saturated heterocycles. The lowest BCUT2D eigenvalue weighted by atomic mass is 9.97. The van der Waals surface area contributed by atoms with Crippen LogP contribution in [0.2, 0.25) is 5.02 Å². The third-order valence-electron chi connectivity index (χ3n) is 4.56. The van der Waals surface area contributed by atoms with E-state index in [1.807, 2.05) is 19.9 Å². The number of likely N-dealkylation sites (N-methyl/N-ethyl adjacent to an activating group) is 1. The van der Waals surface area contributed by atoms with E-state index >= 15 is 0 Å². The molecule has 0 saturated carbocycles. The van der Waals surface area contributed by atoms with Crippen LogP contribution < -0.4 is 16.0 Å². The van der Waals surface area contributed by atoms with Gasteiger partial charge in [0.1, 0.15) is 6.04 Å². The van der Waals surface area contributed by atoms with E-state index in [0.29, 0.717) is 21.8 Å². The molecular weight excluding hydrogens is 482 g/mol. The third-order valence-corrected chi connectivity index (χ3v) is 4.79. The number of hydrogen-bond donors (Lipinski definition) is 4. The molecule has 0 aliphatic rings. The zero-order valence-electron chi connectivity index (χ0n) is 19.3. The number of benzene rings is 2. The number of nitrogens with zero attached hydrogens (tertiary/aromatic N) is 1. The number of carbonyl (C=O) groups is 5. The van der Waals surface area contributed by atoms with Crippen molar-refractivity contribution in [3.63, 3.8) is 0 Å². The molecule has 0 heterocycles. The minimum Gasteiger partial charge on any atom is -0.473 e. The number of rotatable bonds is 8. The van der Waals surface area contributed by atoms with Crippen molar-refractivity contribution in [1.82, 2.24) is 5.32 Å². The highest BCUT2D eigenvalue weighted by molar-refractivity contribution is 6.31.